The third kappa shape index (κ3) is 6.01. The number of phenolic OH excluding ortho intramolecular Hbond substituents is 1. The lowest BCUT2D eigenvalue weighted by Crippen LogP contribution is -2.25. The lowest BCUT2D eigenvalue weighted by atomic mass is 10.1. The van der Waals surface area contributed by atoms with Gasteiger partial charge in [-0.15, -0.1) is 0 Å². The van der Waals surface area contributed by atoms with Crippen LogP contribution in [0.25, 0.3) is 0 Å². The Morgan fingerprint density at radius 1 is 1.26 bits per heavy atom. The Bertz CT molecular complexity index is 407. The molecule has 1 aromatic rings. The van der Waals surface area contributed by atoms with Crippen LogP contribution < -0.4 is 5.32 Å². The number of amides is 1. The van der Waals surface area contributed by atoms with E-state index >= 15 is 0 Å². The molecular formula is C15H23NO2S. The molecule has 0 fully saturated rings. The second-order valence-corrected chi connectivity index (χ2v) is 5.65. The van der Waals surface area contributed by atoms with Crippen LogP contribution in [-0.4, -0.2) is 29.6 Å². The molecule has 1 aromatic carbocycles. The maximum atomic E-state index is 11.9. The maximum absolute atomic E-state index is 11.9. The molecule has 0 saturated heterocycles. The average Bonchev–Trinajstić information content (AvgIpc) is 2.37. The second kappa shape index (κ2) is 8.86. The number of carbonyl (C=O) groups is 1. The van der Waals surface area contributed by atoms with Crippen LogP contribution in [-0.2, 0) is 0 Å². The quantitative estimate of drug-likeness (QED) is 0.718. The van der Waals surface area contributed by atoms with E-state index in [4.69, 9.17) is 0 Å². The fraction of sp³-hybridized carbons (Fsp3) is 0.533. The third-order valence-corrected chi connectivity index (χ3v) is 3.71. The molecular weight excluding hydrogens is 258 g/mol. The molecule has 0 atom stereocenters. The van der Waals surface area contributed by atoms with Crippen molar-refractivity contribution in [1.29, 1.82) is 0 Å². The Morgan fingerprint density at radius 3 is 2.68 bits per heavy atom. The molecule has 3 nitrogen and oxygen atoms in total. The molecule has 0 aliphatic carbocycles. The van der Waals surface area contributed by atoms with Gasteiger partial charge in [0.25, 0.3) is 5.91 Å². The zero-order chi connectivity index (χ0) is 14.1. The van der Waals surface area contributed by atoms with E-state index in [1.807, 2.05) is 18.7 Å². The van der Waals surface area contributed by atoms with Crippen LogP contribution in [0.15, 0.2) is 18.2 Å². The summed E-state index contributed by atoms with van der Waals surface area (Å²) in [4.78, 5) is 11.9. The van der Waals surface area contributed by atoms with Crippen molar-refractivity contribution in [2.75, 3.05) is 18.6 Å². The Labute approximate surface area is 119 Å². The van der Waals surface area contributed by atoms with Crippen molar-refractivity contribution >= 4 is 17.7 Å². The number of rotatable bonds is 8. The van der Waals surface area contributed by atoms with E-state index in [1.54, 1.807) is 18.2 Å². The first-order chi connectivity index (χ1) is 9.15. The van der Waals surface area contributed by atoms with E-state index in [2.05, 4.69) is 11.6 Å². The lowest BCUT2D eigenvalue weighted by molar-refractivity contribution is 0.0952. The number of phenols is 1. The minimum absolute atomic E-state index is 0.0541. The number of aromatic hydroxyl groups is 1. The number of nitrogens with one attached hydrogen (secondary N) is 1. The van der Waals surface area contributed by atoms with Gasteiger partial charge in [0.15, 0.2) is 0 Å². The lowest BCUT2D eigenvalue weighted by Gasteiger charge is -2.08. The molecule has 2 N–H and O–H groups in total. The molecule has 1 rings (SSSR count). The van der Waals surface area contributed by atoms with Gasteiger partial charge in [-0.05, 0) is 55.5 Å². The molecule has 0 spiro atoms. The van der Waals surface area contributed by atoms with Gasteiger partial charge in [0.1, 0.15) is 5.75 Å². The van der Waals surface area contributed by atoms with Crippen molar-refractivity contribution < 1.29 is 9.90 Å². The summed E-state index contributed by atoms with van der Waals surface area (Å²) in [6, 6.07) is 4.82. The SMILES string of the molecule is CSCCCCCCNC(=O)c1ccc(O)cc1C. The molecule has 19 heavy (non-hydrogen) atoms. The Balaban J connectivity index is 2.24. The minimum Gasteiger partial charge on any atom is -0.508 e. The summed E-state index contributed by atoms with van der Waals surface area (Å²) in [5, 5.41) is 12.2. The maximum Gasteiger partial charge on any atom is 0.251 e. The van der Waals surface area contributed by atoms with E-state index in [1.165, 1.54) is 18.6 Å². The summed E-state index contributed by atoms with van der Waals surface area (Å²) >= 11 is 1.88. The predicted octanol–water partition coefficient (Wildman–Crippen LogP) is 3.35. The highest BCUT2D eigenvalue weighted by Gasteiger charge is 2.08. The molecule has 0 radical (unpaired) electrons. The highest BCUT2D eigenvalue weighted by molar-refractivity contribution is 7.98. The minimum atomic E-state index is -0.0541. The number of hydrogen-bond donors (Lipinski definition) is 2. The first-order valence-corrected chi connectivity index (χ1v) is 8.11. The standard InChI is InChI=1S/C15H23NO2S/c1-12-11-13(17)7-8-14(12)15(18)16-9-5-3-4-6-10-19-2/h7-8,11,17H,3-6,9-10H2,1-2H3,(H,16,18). The summed E-state index contributed by atoms with van der Waals surface area (Å²) in [6.45, 7) is 2.55. The molecule has 4 heteroatoms. The van der Waals surface area contributed by atoms with Crippen molar-refractivity contribution in [3.05, 3.63) is 29.3 Å². The van der Waals surface area contributed by atoms with Crippen LogP contribution in [0.3, 0.4) is 0 Å². The normalized spacial score (nSPS) is 10.4. The van der Waals surface area contributed by atoms with Crippen LogP contribution in [0.2, 0.25) is 0 Å². The number of thioether (sulfide) groups is 1. The zero-order valence-electron chi connectivity index (χ0n) is 11.7. The van der Waals surface area contributed by atoms with Gasteiger partial charge in [0, 0.05) is 12.1 Å². The summed E-state index contributed by atoms with van der Waals surface area (Å²) in [5.74, 6) is 1.36. The van der Waals surface area contributed by atoms with Gasteiger partial charge in [-0.25, -0.2) is 0 Å². The van der Waals surface area contributed by atoms with Crippen LogP contribution in [0.4, 0.5) is 0 Å². The van der Waals surface area contributed by atoms with E-state index in [0.29, 0.717) is 5.56 Å². The van der Waals surface area contributed by atoms with Gasteiger partial charge in [-0.3, -0.25) is 4.79 Å². The highest BCUT2D eigenvalue weighted by atomic mass is 32.2. The topological polar surface area (TPSA) is 49.3 Å². The average molecular weight is 281 g/mol. The molecule has 1 amide bonds. The van der Waals surface area contributed by atoms with Crippen molar-refractivity contribution in [3.8, 4) is 5.75 Å². The van der Waals surface area contributed by atoms with E-state index in [9.17, 15) is 9.90 Å². The fourth-order valence-corrected chi connectivity index (χ4v) is 2.42. The van der Waals surface area contributed by atoms with Gasteiger partial charge in [-0.2, -0.15) is 11.8 Å². The van der Waals surface area contributed by atoms with Crippen molar-refractivity contribution in [1.82, 2.24) is 5.32 Å². The van der Waals surface area contributed by atoms with Crippen LogP contribution >= 0.6 is 11.8 Å². The number of carbonyl (C=O) groups excluding carboxylic acids is 1. The zero-order valence-corrected chi connectivity index (χ0v) is 12.6. The van der Waals surface area contributed by atoms with Crippen molar-refractivity contribution in [3.63, 3.8) is 0 Å². The van der Waals surface area contributed by atoms with Crippen molar-refractivity contribution in [2.45, 2.75) is 32.6 Å². The van der Waals surface area contributed by atoms with Gasteiger partial charge >= 0.3 is 0 Å². The van der Waals surface area contributed by atoms with Gasteiger partial charge in [0.05, 0.1) is 0 Å². The van der Waals surface area contributed by atoms with Gasteiger partial charge in [-0.1, -0.05) is 12.8 Å². The van der Waals surface area contributed by atoms with Crippen molar-refractivity contribution in [2.24, 2.45) is 0 Å². The number of hydrogen-bond acceptors (Lipinski definition) is 3. The first-order valence-electron chi connectivity index (χ1n) is 6.72. The number of aryl methyl sites for hydroxylation is 1. The van der Waals surface area contributed by atoms with E-state index in [0.717, 1.165) is 24.9 Å². The summed E-state index contributed by atoms with van der Waals surface area (Å²) in [6.07, 6.45) is 6.80. The molecule has 0 bridgehead atoms. The first kappa shape index (κ1) is 15.9. The van der Waals surface area contributed by atoms with Crippen LogP contribution in [0.5, 0.6) is 5.75 Å². The fourth-order valence-electron chi connectivity index (χ4n) is 1.92. The third-order valence-electron chi connectivity index (χ3n) is 3.02. The van der Waals surface area contributed by atoms with Crippen LogP contribution in [0.1, 0.15) is 41.6 Å². The van der Waals surface area contributed by atoms with E-state index in [-0.39, 0.29) is 11.7 Å². The summed E-state index contributed by atoms with van der Waals surface area (Å²) in [7, 11) is 0. The molecule has 0 heterocycles. The second-order valence-electron chi connectivity index (χ2n) is 4.66. The number of unbranched alkanes of at least 4 members (excludes halogenated alkanes) is 3. The largest absolute Gasteiger partial charge is 0.508 e. The molecule has 106 valence electrons. The smallest absolute Gasteiger partial charge is 0.251 e. The molecule has 0 aliphatic heterocycles. The van der Waals surface area contributed by atoms with Gasteiger partial charge in [0.2, 0.25) is 0 Å². The number of benzene rings is 1. The predicted molar refractivity (Wildman–Crippen MR) is 82.0 cm³/mol. The Kier molecular flexibility index (Phi) is 7.41. The molecule has 0 saturated carbocycles. The highest BCUT2D eigenvalue weighted by Crippen LogP contribution is 2.15. The Hall–Kier alpha value is -1.16. The molecule has 0 aromatic heterocycles. The summed E-state index contributed by atoms with van der Waals surface area (Å²) < 4.78 is 0. The monoisotopic (exact) mass is 281 g/mol. The molecule has 0 aliphatic rings. The van der Waals surface area contributed by atoms with Gasteiger partial charge < -0.3 is 10.4 Å². The molecule has 0 unspecified atom stereocenters. The van der Waals surface area contributed by atoms with E-state index < -0.39 is 0 Å². The summed E-state index contributed by atoms with van der Waals surface area (Å²) in [5.41, 5.74) is 1.44. The van der Waals surface area contributed by atoms with Crippen LogP contribution in [0, 0.1) is 6.92 Å². The Morgan fingerprint density at radius 2 is 2.00 bits per heavy atom.